The quantitative estimate of drug-likeness (QED) is 0.711. The molecule has 3 rings (SSSR count). The minimum Gasteiger partial charge on any atom is -0.480 e. The Hall–Kier alpha value is -2.21. The average Bonchev–Trinajstić information content (AvgIpc) is 2.85. The lowest BCUT2D eigenvalue weighted by Crippen LogP contribution is -2.00. The summed E-state index contributed by atoms with van der Waals surface area (Å²) in [5, 5.41) is 10.4. The molecule has 1 N–H and O–H groups in total. The first-order chi connectivity index (χ1) is 11.1. The summed E-state index contributed by atoms with van der Waals surface area (Å²) in [6.45, 7) is 2.67. The van der Waals surface area contributed by atoms with Gasteiger partial charge in [0.1, 0.15) is 5.82 Å². The van der Waals surface area contributed by atoms with E-state index in [0.29, 0.717) is 33.9 Å². The molecule has 0 atom stereocenters. The number of aromatic nitrogens is 4. The number of imidazole rings is 1. The SMILES string of the molecule is CCCCCn1c(O)nc2ncc(Cl)c(-c3ccncc3F)c21. The van der Waals surface area contributed by atoms with Gasteiger partial charge in [-0.05, 0) is 12.5 Å². The van der Waals surface area contributed by atoms with Crippen molar-refractivity contribution >= 4 is 22.8 Å². The zero-order valence-electron chi connectivity index (χ0n) is 12.6. The van der Waals surface area contributed by atoms with Gasteiger partial charge in [-0.2, -0.15) is 4.98 Å². The lowest BCUT2D eigenvalue weighted by molar-refractivity contribution is 0.397. The number of fused-ring (bicyclic) bond motifs is 1. The molecular formula is C16H16ClFN4O. The highest BCUT2D eigenvalue weighted by molar-refractivity contribution is 6.34. The fraction of sp³-hybridized carbons (Fsp3) is 0.312. The number of aryl methyl sites for hydroxylation is 1. The highest BCUT2D eigenvalue weighted by Crippen LogP contribution is 2.36. The van der Waals surface area contributed by atoms with Gasteiger partial charge in [0.25, 0.3) is 6.01 Å². The van der Waals surface area contributed by atoms with E-state index in [-0.39, 0.29) is 6.01 Å². The molecule has 0 fully saturated rings. The van der Waals surface area contributed by atoms with Crippen LogP contribution in [0.4, 0.5) is 4.39 Å². The molecule has 3 aromatic rings. The van der Waals surface area contributed by atoms with Crippen LogP contribution in [0.5, 0.6) is 6.01 Å². The minimum atomic E-state index is -0.484. The molecule has 0 aliphatic rings. The molecule has 5 nitrogen and oxygen atoms in total. The Morgan fingerprint density at radius 3 is 2.87 bits per heavy atom. The van der Waals surface area contributed by atoms with Crippen LogP contribution in [0.1, 0.15) is 26.2 Å². The van der Waals surface area contributed by atoms with E-state index in [2.05, 4.69) is 21.9 Å². The predicted octanol–water partition coefficient (Wildman–Crippen LogP) is 4.18. The van der Waals surface area contributed by atoms with E-state index in [4.69, 9.17) is 11.6 Å². The molecule has 0 bridgehead atoms. The molecule has 23 heavy (non-hydrogen) atoms. The fourth-order valence-corrected chi connectivity index (χ4v) is 2.87. The zero-order chi connectivity index (χ0) is 16.4. The van der Waals surface area contributed by atoms with E-state index in [0.717, 1.165) is 25.5 Å². The first kappa shape index (κ1) is 15.7. The van der Waals surface area contributed by atoms with Crippen molar-refractivity contribution in [2.24, 2.45) is 0 Å². The van der Waals surface area contributed by atoms with E-state index in [9.17, 15) is 9.50 Å². The highest BCUT2D eigenvalue weighted by Gasteiger charge is 2.20. The van der Waals surface area contributed by atoms with Crippen LogP contribution in [0, 0.1) is 5.82 Å². The van der Waals surface area contributed by atoms with Crippen LogP contribution in [-0.4, -0.2) is 24.6 Å². The molecule has 3 heterocycles. The molecule has 0 saturated carbocycles. The Morgan fingerprint density at radius 2 is 2.13 bits per heavy atom. The van der Waals surface area contributed by atoms with Crippen molar-refractivity contribution in [3.8, 4) is 17.1 Å². The van der Waals surface area contributed by atoms with Crippen molar-refractivity contribution in [2.45, 2.75) is 32.7 Å². The lowest BCUT2D eigenvalue weighted by Gasteiger charge is -2.11. The Kier molecular flexibility index (Phi) is 4.43. The Labute approximate surface area is 137 Å². The number of nitrogens with zero attached hydrogens (tertiary/aromatic N) is 4. The number of hydrogen-bond acceptors (Lipinski definition) is 4. The van der Waals surface area contributed by atoms with Crippen LogP contribution in [-0.2, 0) is 6.54 Å². The summed E-state index contributed by atoms with van der Waals surface area (Å²) in [4.78, 5) is 12.0. The predicted molar refractivity (Wildman–Crippen MR) is 86.9 cm³/mol. The van der Waals surface area contributed by atoms with Gasteiger partial charge in [0.05, 0.1) is 16.7 Å². The molecule has 0 aromatic carbocycles. The summed E-state index contributed by atoms with van der Waals surface area (Å²) in [5.74, 6) is -0.484. The summed E-state index contributed by atoms with van der Waals surface area (Å²) in [5.41, 5.74) is 1.67. The maximum Gasteiger partial charge on any atom is 0.296 e. The van der Waals surface area contributed by atoms with E-state index < -0.39 is 5.82 Å². The zero-order valence-corrected chi connectivity index (χ0v) is 13.4. The van der Waals surface area contributed by atoms with Crippen LogP contribution in [0.3, 0.4) is 0 Å². The van der Waals surface area contributed by atoms with E-state index >= 15 is 0 Å². The van der Waals surface area contributed by atoms with Gasteiger partial charge in [-0.3, -0.25) is 9.55 Å². The molecular weight excluding hydrogens is 319 g/mol. The maximum absolute atomic E-state index is 14.2. The maximum atomic E-state index is 14.2. The second kappa shape index (κ2) is 6.50. The smallest absolute Gasteiger partial charge is 0.296 e. The van der Waals surface area contributed by atoms with Gasteiger partial charge in [-0.15, -0.1) is 0 Å². The van der Waals surface area contributed by atoms with E-state index in [1.165, 1.54) is 12.4 Å². The van der Waals surface area contributed by atoms with Crippen LogP contribution < -0.4 is 0 Å². The Balaban J connectivity index is 2.24. The molecule has 0 aliphatic carbocycles. The summed E-state index contributed by atoms with van der Waals surface area (Å²) in [7, 11) is 0. The normalized spacial score (nSPS) is 11.3. The van der Waals surface area contributed by atoms with Gasteiger partial charge >= 0.3 is 0 Å². The molecule has 3 aromatic heterocycles. The Bertz CT molecular complexity index is 849. The summed E-state index contributed by atoms with van der Waals surface area (Å²) in [6.07, 6.45) is 7.00. The second-order valence-corrected chi connectivity index (χ2v) is 5.69. The standard InChI is InChI=1S/C16H16ClFN4O/c1-2-3-4-7-22-14-13(10-5-6-19-9-12(10)18)11(17)8-20-15(14)21-16(22)23/h5-6,8-9H,2-4,7H2,1H3,(H,20,21,23). The average molecular weight is 335 g/mol. The number of hydrogen-bond donors (Lipinski definition) is 1. The van der Waals surface area contributed by atoms with Gasteiger partial charge in [-0.25, -0.2) is 9.37 Å². The lowest BCUT2D eigenvalue weighted by atomic mass is 10.1. The van der Waals surface area contributed by atoms with Crippen molar-refractivity contribution in [3.63, 3.8) is 0 Å². The highest BCUT2D eigenvalue weighted by atomic mass is 35.5. The molecule has 0 amide bonds. The molecule has 120 valence electrons. The molecule has 0 aliphatic heterocycles. The summed E-state index contributed by atoms with van der Waals surface area (Å²) < 4.78 is 15.8. The van der Waals surface area contributed by atoms with Crippen molar-refractivity contribution in [2.75, 3.05) is 0 Å². The molecule has 0 radical (unpaired) electrons. The first-order valence-corrected chi connectivity index (χ1v) is 7.84. The number of pyridine rings is 2. The van der Waals surface area contributed by atoms with Gasteiger partial charge in [-0.1, -0.05) is 31.4 Å². The Morgan fingerprint density at radius 1 is 1.30 bits per heavy atom. The van der Waals surface area contributed by atoms with Gasteiger partial charge < -0.3 is 5.11 Å². The molecule has 0 unspecified atom stereocenters. The van der Waals surface area contributed by atoms with E-state index in [1.54, 1.807) is 10.6 Å². The van der Waals surface area contributed by atoms with Crippen LogP contribution in [0.25, 0.3) is 22.3 Å². The van der Waals surface area contributed by atoms with Crippen molar-refractivity contribution < 1.29 is 9.50 Å². The van der Waals surface area contributed by atoms with Crippen LogP contribution in [0.2, 0.25) is 5.02 Å². The summed E-state index contributed by atoms with van der Waals surface area (Å²) >= 11 is 6.28. The third-order valence-electron chi connectivity index (χ3n) is 3.73. The minimum absolute atomic E-state index is 0.137. The van der Waals surface area contributed by atoms with Crippen molar-refractivity contribution in [1.82, 2.24) is 19.5 Å². The van der Waals surface area contributed by atoms with E-state index in [1.807, 2.05) is 0 Å². The van der Waals surface area contributed by atoms with Gasteiger partial charge in [0.2, 0.25) is 0 Å². The van der Waals surface area contributed by atoms with Crippen LogP contribution in [0.15, 0.2) is 24.7 Å². The third kappa shape index (κ3) is 2.86. The van der Waals surface area contributed by atoms with Gasteiger partial charge in [0.15, 0.2) is 5.65 Å². The van der Waals surface area contributed by atoms with Crippen LogP contribution >= 0.6 is 11.6 Å². The third-order valence-corrected chi connectivity index (χ3v) is 4.02. The topological polar surface area (TPSA) is 63.8 Å². The van der Waals surface area contributed by atoms with Crippen molar-refractivity contribution in [3.05, 3.63) is 35.5 Å². The molecule has 0 saturated heterocycles. The van der Waals surface area contributed by atoms with Crippen molar-refractivity contribution in [1.29, 1.82) is 0 Å². The first-order valence-electron chi connectivity index (χ1n) is 7.47. The number of halogens is 2. The monoisotopic (exact) mass is 334 g/mol. The second-order valence-electron chi connectivity index (χ2n) is 5.28. The number of aromatic hydroxyl groups is 1. The fourth-order valence-electron chi connectivity index (χ4n) is 2.63. The molecule has 7 heteroatoms. The number of unbranched alkanes of at least 4 members (excludes halogenated alkanes) is 2. The summed E-state index contributed by atoms with van der Waals surface area (Å²) in [6, 6.07) is 1.41. The van der Waals surface area contributed by atoms with Gasteiger partial charge in [0, 0.05) is 30.1 Å². The molecule has 0 spiro atoms. The number of rotatable bonds is 5. The largest absolute Gasteiger partial charge is 0.480 e.